The van der Waals surface area contributed by atoms with Gasteiger partial charge in [0.05, 0.1) is 22.3 Å². The molecule has 5 aromatic rings. The Morgan fingerprint density at radius 3 is 2.53 bits per heavy atom. The number of carbonyl (C=O) groups is 1. The quantitative estimate of drug-likeness (QED) is 0.113. The number of aromatic nitrogens is 2. The number of fused-ring (bicyclic) bond motifs is 1. The highest BCUT2D eigenvalue weighted by molar-refractivity contribution is 7.90. The van der Waals surface area contributed by atoms with Crippen LogP contribution < -0.4 is 19.7 Å². The number of H-pyrrole nitrogens is 1. The SMILES string of the molecule is Cc1cc(S(=O)(=O)NC(=O)c2ccc(N3CCN(CC4=C(c5ccc(Cl)cc5)CC(C)(C)CC4)CC3)cc2Oc2cccc3[nH]cnc23)ccc1NCC1CCOCC1. The summed E-state index contributed by atoms with van der Waals surface area (Å²) in [5, 5.41) is 4.21. The van der Waals surface area contributed by atoms with E-state index < -0.39 is 15.9 Å². The van der Waals surface area contributed by atoms with Crippen molar-refractivity contribution in [1.29, 1.82) is 0 Å². The van der Waals surface area contributed by atoms with E-state index in [0.29, 0.717) is 17.2 Å². The van der Waals surface area contributed by atoms with Gasteiger partial charge >= 0.3 is 0 Å². The van der Waals surface area contributed by atoms with E-state index in [0.717, 1.165) is 112 Å². The highest BCUT2D eigenvalue weighted by atomic mass is 35.5. The fourth-order valence-electron chi connectivity index (χ4n) is 8.46. The predicted molar refractivity (Wildman–Crippen MR) is 235 cm³/mol. The lowest BCUT2D eigenvalue weighted by atomic mass is 9.72. The third kappa shape index (κ3) is 9.62. The second kappa shape index (κ2) is 17.4. The number of aryl methyl sites for hydroxylation is 1. The molecular weight excluding hydrogens is 784 g/mol. The molecule has 0 unspecified atom stereocenters. The van der Waals surface area contributed by atoms with Crippen LogP contribution in [-0.2, 0) is 14.8 Å². The molecule has 2 fully saturated rings. The normalized spacial score (nSPS) is 17.9. The largest absolute Gasteiger partial charge is 0.454 e. The lowest BCUT2D eigenvalue weighted by Crippen LogP contribution is -2.47. The third-order valence-corrected chi connectivity index (χ3v) is 13.6. The van der Waals surface area contributed by atoms with Gasteiger partial charge in [-0.25, -0.2) is 18.1 Å². The van der Waals surface area contributed by atoms with Gasteiger partial charge in [0.15, 0.2) is 5.75 Å². The molecule has 1 aromatic heterocycles. The number of piperazine rings is 1. The highest BCUT2D eigenvalue weighted by Gasteiger charge is 2.30. The first-order chi connectivity index (χ1) is 28.4. The molecule has 59 heavy (non-hydrogen) atoms. The molecule has 0 radical (unpaired) electrons. The number of benzene rings is 4. The monoisotopic (exact) mass is 836 g/mol. The van der Waals surface area contributed by atoms with Gasteiger partial charge in [-0.05, 0) is 122 Å². The summed E-state index contributed by atoms with van der Waals surface area (Å²) in [5.74, 6) is 0.401. The third-order valence-electron chi connectivity index (χ3n) is 12.0. The van der Waals surface area contributed by atoms with E-state index in [-0.39, 0.29) is 21.6 Å². The van der Waals surface area contributed by atoms with E-state index in [9.17, 15) is 13.2 Å². The minimum atomic E-state index is -4.22. The summed E-state index contributed by atoms with van der Waals surface area (Å²) in [6.07, 6.45) is 6.86. The molecule has 3 heterocycles. The molecule has 3 aliphatic rings. The topological polar surface area (TPSA) is 129 Å². The van der Waals surface area contributed by atoms with Crippen molar-refractivity contribution in [2.75, 3.05) is 62.7 Å². The van der Waals surface area contributed by atoms with Crippen molar-refractivity contribution in [2.45, 2.75) is 57.8 Å². The van der Waals surface area contributed by atoms with Crippen LogP contribution in [0.2, 0.25) is 5.02 Å². The van der Waals surface area contributed by atoms with Gasteiger partial charge in [0.2, 0.25) is 0 Å². The Labute approximate surface area is 352 Å². The highest BCUT2D eigenvalue weighted by Crippen LogP contribution is 2.43. The fourth-order valence-corrected chi connectivity index (χ4v) is 9.64. The van der Waals surface area contributed by atoms with Gasteiger partial charge in [0.1, 0.15) is 11.3 Å². The zero-order valence-corrected chi connectivity index (χ0v) is 35.6. The van der Waals surface area contributed by atoms with E-state index in [1.54, 1.807) is 30.6 Å². The van der Waals surface area contributed by atoms with Crippen molar-refractivity contribution in [3.05, 3.63) is 112 Å². The second-order valence-electron chi connectivity index (χ2n) is 16.9. The summed E-state index contributed by atoms with van der Waals surface area (Å²) in [7, 11) is -4.22. The number of amides is 1. The van der Waals surface area contributed by atoms with E-state index in [1.807, 2.05) is 43.3 Å². The molecule has 2 aliphatic heterocycles. The zero-order valence-electron chi connectivity index (χ0n) is 34.0. The molecule has 0 bridgehead atoms. The van der Waals surface area contributed by atoms with Crippen LogP contribution in [0, 0.1) is 18.3 Å². The van der Waals surface area contributed by atoms with Gasteiger partial charge in [-0.15, -0.1) is 0 Å². The minimum absolute atomic E-state index is 0.00575. The number of halogens is 1. The number of anilines is 2. The molecule has 3 N–H and O–H groups in total. The van der Waals surface area contributed by atoms with Gasteiger partial charge < -0.3 is 24.7 Å². The van der Waals surface area contributed by atoms with Gasteiger partial charge in [-0.1, -0.05) is 49.2 Å². The van der Waals surface area contributed by atoms with Gasteiger partial charge in [-0.3, -0.25) is 9.69 Å². The number of carbonyl (C=O) groups excluding carboxylic acids is 1. The number of para-hydroxylation sites is 1. The Balaban J connectivity index is 0.993. The van der Waals surface area contributed by atoms with Gasteiger partial charge in [-0.2, -0.15) is 0 Å². The molecule has 2 saturated heterocycles. The molecule has 13 heteroatoms. The molecule has 11 nitrogen and oxygen atoms in total. The maximum Gasteiger partial charge on any atom is 0.268 e. The van der Waals surface area contributed by atoms with Gasteiger partial charge in [0.25, 0.3) is 15.9 Å². The molecule has 8 rings (SSSR count). The van der Waals surface area contributed by atoms with Gasteiger partial charge in [0, 0.05) is 74.9 Å². The number of nitrogens with zero attached hydrogens (tertiary/aromatic N) is 3. The lowest BCUT2D eigenvalue weighted by Gasteiger charge is -2.39. The van der Waals surface area contributed by atoms with E-state index in [2.05, 4.69) is 55.8 Å². The average Bonchev–Trinajstić information content (AvgIpc) is 3.72. The van der Waals surface area contributed by atoms with E-state index in [1.165, 1.54) is 22.8 Å². The van der Waals surface area contributed by atoms with Crippen LogP contribution in [0.4, 0.5) is 11.4 Å². The second-order valence-corrected chi connectivity index (χ2v) is 19.0. The number of rotatable bonds is 12. The summed E-state index contributed by atoms with van der Waals surface area (Å²) in [5.41, 5.74) is 8.44. The molecular formula is C46H53ClN6O5S. The molecule has 1 aliphatic carbocycles. The maximum atomic E-state index is 13.9. The standard InChI is InChI=1S/C46H53ClN6O5S/c1-31-25-37(12-14-40(31)48-28-32-16-23-57-24-17-32)59(55,56)51-45(54)38-13-11-36(26-43(38)58-42-6-4-5-41-44(42)50-30-49-41)53-21-19-52(20-22-53)29-34-15-18-46(2,3)27-39(34)33-7-9-35(47)10-8-33/h4-14,25-26,30,32,48H,15-24,27-29H2,1-3H3,(H,49,50)(H,51,54). The number of imidazole rings is 1. The van der Waals surface area contributed by atoms with Crippen LogP contribution >= 0.6 is 11.6 Å². The fraction of sp³-hybridized carbons (Fsp3) is 0.391. The van der Waals surface area contributed by atoms with Crippen LogP contribution in [-0.4, -0.2) is 81.7 Å². The Morgan fingerprint density at radius 2 is 1.76 bits per heavy atom. The minimum Gasteiger partial charge on any atom is -0.454 e. The summed E-state index contributed by atoms with van der Waals surface area (Å²) >= 11 is 6.25. The van der Waals surface area contributed by atoms with Crippen molar-refractivity contribution in [2.24, 2.45) is 11.3 Å². The summed E-state index contributed by atoms with van der Waals surface area (Å²) < 4.78 is 41.6. The van der Waals surface area contributed by atoms with Crippen LogP contribution in [0.3, 0.4) is 0 Å². The van der Waals surface area contributed by atoms with Crippen molar-refractivity contribution in [1.82, 2.24) is 19.6 Å². The summed E-state index contributed by atoms with van der Waals surface area (Å²) in [6, 6.07) is 24.0. The van der Waals surface area contributed by atoms with Crippen molar-refractivity contribution in [3.8, 4) is 11.5 Å². The molecule has 0 saturated carbocycles. The number of aromatic amines is 1. The number of nitrogens with one attached hydrogen (secondary N) is 3. The summed E-state index contributed by atoms with van der Waals surface area (Å²) in [4.78, 5) is 26.3. The number of hydrogen-bond acceptors (Lipinski definition) is 9. The van der Waals surface area contributed by atoms with Crippen LogP contribution in [0.25, 0.3) is 16.6 Å². The zero-order chi connectivity index (χ0) is 41.1. The predicted octanol–water partition coefficient (Wildman–Crippen LogP) is 9.06. The van der Waals surface area contributed by atoms with Crippen LogP contribution in [0.15, 0.2) is 95.7 Å². The summed E-state index contributed by atoms with van der Waals surface area (Å²) in [6.45, 7) is 13.1. The number of hydrogen-bond donors (Lipinski definition) is 3. The molecule has 4 aromatic carbocycles. The molecule has 1 amide bonds. The van der Waals surface area contributed by atoms with E-state index in [4.69, 9.17) is 21.1 Å². The molecule has 0 spiro atoms. The number of allylic oxidation sites excluding steroid dienone is 1. The maximum absolute atomic E-state index is 13.9. The van der Waals surface area contributed by atoms with Crippen molar-refractivity contribution in [3.63, 3.8) is 0 Å². The molecule has 0 atom stereocenters. The van der Waals surface area contributed by atoms with Crippen LogP contribution in [0.1, 0.15) is 67.4 Å². The first kappa shape index (κ1) is 40.9. The van der Waals surface area contributed by atoms with Crippen LogP contribution in [0.5, 0.6) is 11.5 Å². The Hall–Kier alpha value is -4.88. The first-order valence-electron chi connectivity index (χ1n) is 20.6. The van der Waals surface area contributed by atoms with Crippen molar-refractivity contribution >= 4 is 55.5 Å². The first-order valence-corrected chi connectivity index (χ1v) is 22.4. The Bertz CT molecular complexity index is 2450. The smallest absolute Gasteiger partial charge is 0.268 e. The van der Waals surface area contributed by atoms with Crippen molar-refractivity contribution < 1.29 is 22.7 Å². The Morgan fingerprint density at radius 1 is 0.983 bits per heavy atom. The number of sulfonamides is 1. The number of ether oxygens (including phenoxy) is 2. The molecule has 310 valence electrons. The van der Waals surface area contributed by atoms with E-state index >= 15 is 0 Å². The average molecular weight is 837 g/mol. The Kier molecular flexibility index (Phi) is 12.0. The lowest BCUT2D eigenvalue weighted by molar-refractivity contribution is 0.0699.